The first-order chi connectivity index (χ1) is 14.4. The van der Waals surface area contributed by atoms with E-state index in [2.05, 4.69) is 10.6 Å². The Morgan fingerprint density at radius 1 is 0.833 bits per heavy atom. The summed E-state index contributed by atoms with van der Waals surface area (Å²) >= 11 is 0. The van der Waals surface area contributed by atoms with Crippen LogP contribution in [0.15, 0.2) is 78.9 Å². The van der Waals surface area contributed by atoms with Gasteiger partial charge >= 0.3 is 0 Å². The fourth-order valence-electron chi connectivity index (χ4n) is 2.93. The molecule has 3 aromatic carbocycles. The number of rotatable bonds is 7. The Kier molecular flexibility index (Phi) is 6.86. The first-order valence-corrected chi connectivity index (χ1v) is 9.92. The minimum atomic E-state index is -0.651. The van der Waals surface area contributed by atoms with Crippen LogP contribution < -0.4 is 15.4 Å². The third-order valence-corrected chi connectivity index (χ3v) is 4.76. The highest BCUT2D eigenvalue weighted by molar-refractivity contribution is 5.97. The zero-order chi connectivity index (χ0) is 21.5. The van der Waals surface area contributed by atoms with Crippen LogP contribution in [0.25, 0.3) is 0 Å². The summed E-state index contributed by atoms with van der Waals surface area (Å²) in [7, 11) is 0. The standard InChI is InChI=1S/C25H26N2O3/c1-17-9-15-23(16-10-17)30-19(3)24(28)27-22-13-11-21(12-14-22)25(29)26-18(2)20-7-5-4-6-8-20/h4-16,18-19H,1-3H3,(H,26,29)(H,27,28). The van der Waals surface area contributed by atoms with Crippen LogP contribution in [0, 0.1) is 6.92 Å². The Morgan fingerprint density at radius 3 is 2.10 bits per heavy atom. The summed E-state index contributed by atoms with van der Waals surface area (Å²) in [6, 6.07) is 24.0. The zero-order valence-corrected chi connectivity index (χ0v) is 17.4. The van der Waals surface area contributed by atoms with Crippen molar-refractivity contribution >= 4 is 17.5 Å². The van der Waals surface area contributed by atoms with Gasteiger partial charge in [-0.2, -0.15) is 0 Å². The highest BCUT2D eigenvalue weighted by atomic mass is 16.5. The molecule has 0 aliphatic carbocycles. The number of ether oxygens (including phenoxy) is 1. The van der Waals surface area contributed by atoms with E-state index in [1.807, 2.05) is 68.4 Å². The third kappa shape index (κ3) is 5.70. The normalized spacial score (nSPS) is 12.5. The van der Waals surface area contributed by atoms with Crippen LogP contribution in [-0.2, 0) is 4.79 Å². The van der Waals surface area contributed by atoms with Gasteiger partial charge in [-0.1, -0.05) is 48.0 Å². The lowest BCUT2D eigenvalue weighted by molar-refractivity contribution is -0.122. The molecule has 30 heavy (non-hydrogen) atoms. The molecule has 0 radical (unpaired) electrons. The summed E-state index contributed by atoms with van der Waals surface area (Å²) in [6.07, 6.45) is -0.651. The van der Waals surface area contributed by atoms with E-state index in [1.165, 1.54) is 0 Å². The molecule has 154 valence electrons. The molecule has 0 bridgehead atoms. The van der Waals surface area contributed by atoms with Crippen molar-refractivity contribution in [2.45, 2.75) is 32.9 Å². The van der Waals surface area contributed by atoms with E-state index in [9.17, 15) is 9.59 Å². The molecule has 5 nitrogen and oxygen atoms in total. The van der Waals surface area contributed by atoms with E-state index in [0.717, 1.165) is 11.1 Å². The Bertz CT molecular complexity index is 983. The van der Waals surface area contributed by atoms with Gasteiger partial charge in [0.2, 0.25) is 0 Å². The number of benzene rings is 3. The number of anilines is 1. The lowest BCUT2D eigenvalue weighted by atomic mass is 10.1. The molecule has 2 amide bonds. The summed E-state index contributed by atoms with van der Waals surface area (Å²) in [5, 5.41) is 5.79. The lowest BCUT2D eigenvalue weighted by Gasteiger charge is -2.16. The van der Waals surface area contributed by atoms with Gasteiger partial charge in [-0.15, -0.1) is 0 Å². The Labute approximate surface area is 177 Å². The molecule has 3 rings (SSSR count). The van der Waals surface area contributed by atoms with Crippen molar-refractivity contribution in [1.82, 2.24) is 5.32 Å². The first-order valence-electron chi connectivity index (χ1n) is 9.92. The minimum Gasteiger partial charge on any atom is -0.481 e. The van der Waals surface area contributed by atoms with E-state index in [0.29, 0.717) is 17.0 Å². The van der Waals surface area contributed by atoms with Crippen LogP contribution in [0.5, 0.6) is 5.75 Å². The number of amides is 2. The van der Waals surface area contributed by atoms with Gasteiger partial charge in [-0.3, -0.25) is 9.59 Å². The molecule has 2 atom stereocenters. The van der Waals surface area contributed by atoms with Crippen LogP contribution in [0.3, 0.4) is 0 Å². The molecule has 0 saturated heterocycles. The lowest BCUT2D eigenvalue weighted by Crippen LogP contribution is -2.30. The van der Waals surface area contributed by atoms with Crippen molar-refractivity contribution in [3.63, 3.8) is 0 Å². The molecular formula is C25H26N2O3. The minimum absolute atomic E-state index is 0.0992. The third-order valence-electron chi connectivity index (χ3n) is 4.76. The van der Waals surface area contributed by atoms with Gasteiger partial charge in [-0.25, -0.2) is 0 Å². The number of carbonyl (C=O) groups excluding carboxylic acids is 2. The maximum absolute atomic E-state index is 12.5. The van der Waals surface area contributed by atoms with Gasteiger partial charge in [0.25, 0.3) is 11.8 Å². The predicted molar refractivity (Wildman–Crippen MR) is 119 cm³/mol. The molecule has 0 spiro atoms. The average Bonchev–Trinajstić information content (AvgIpc) is 2.76. The largest absolute Gasteiger partial charge is 0.481 e. The highest BCUT2D eigenvalue weighted by Gasteiger charge is 2.16. The van der Waals surface area contributed by atoms with E-state index < -0.39 is 6.10 Å². The zero-order valence-electron chi connectivity index (χ0n) is 17.4. The van der Waals surface area contributed by atoms with Gasteiger partial charge in [0.1, 0.15) is 5.75 Å². The van der Waals surface area contributed by atoms with E-state index in [1.54, 1.807) is 31.2 Å². The van der Waals surface area contributed by atoms with Crippen molar-refractivity contribution in [3.05, 3.63) is 95.6 Å². The van der Waals surface area contributed by atoms with Gasteiger partial charge in [0, 0.05) is 11.3 Å². The Morgan fingerprint density at radius 2 is 1.47 bits per heavy atom. The molecule has 3 aromatic rings. The van der Waals surface area contributed by atoms with Crippen molar-refractivity contribution in [2.24, 2.45) is 0 Å². The molecule has 5 heteroatoms. The Hall–Kier alpha value is -3.60. The van der Waals surface area contributed by atoms with Gasteiger partial charge in [-0.05, 0) is 62.7 Å². The number of nitrogens with one attached hydrogen (secondary N) is 2. The monoisotopic (exact) mass is 402 g/mol. The number of hydrogen-bond donors (Lipinski definition) is 2. The maximum atomic E-state index is 12.5. The van der Waals surface area contributed by atoms with Crippen LogP contribution in [0.1, 0.15) is 41.4 Å². The molecule has 0 saturated carbocycles. The maximum Gasteiger partial charge on any atom is 0.265 e. The topological polar surface area (TPSA) is 67.4 Å². The first kappa shape index (κ1) is 21.1. The van der Waals surface area contributed by atoms with Crippen LogP contribution in [-0.4, -0.2) is 17.9 Å². The summed E-state index contributed by atoms with van der Waals surface area (Å²) in [5.74, 6) is 0.216. The molecule has 2 N–H and O–H groups in total. The van der Waals surface area contributed by atoms with E-state index in [-0.39, 0.29) is 17.9 Å². The second-order valence-corrected chi connectivity index (χ2v) is 7.25. The quantitative estimate of drug-likeness (QED) is 0.591. The fourth-order valence-corrected chi connectivity index (χ4v) is 2.93. The number of aryl methyl sites for hydroxylation is 1. The van der Waals surface area contributed by atoms with Crippen LogP contribution >= 0.6 is 0 Å². The number of hydrogen-bond acceptors (Lipinski definition) is 3. The van der Waals surface area contributed by atoms with Crippen LogP contribution in [0.4, 0.5) is 5.69 Å². The predicted octanol–water partition coefficient (Wildman–Crippen LogP) is 4.89. The second kappa shape index (κ2) is 9.74. The molecular weight excluding hydrogens is 376 g/mol. The molecule has 0 aliphatic heterocycles. The Balaban J connectivity index is 1.55. The van der Waals surface area contributed by atoms with Gasteiger partial charge in [0.05, 0.1) is 6.04 Å². The van der Waals surface area contributed by atoms with Gasteiger partial charge < -0.3 is 15.4 Å². The summed E-state index contributed by atoms with van der Waals surface area (Å²) in [4.78, 5) is 24.9. The summed E-state index contributed by atoms with van der Waals surface area (Å²) in [5.41, 5.74) is 3.30. The van der Waals surface area contributed by atoms with Crippen molar-refractivity contribution in [2.75, 3.05) is 5.32 Å². The summed E-state index contributed by atoms with van der Waals surface area (Å²) in [6.45, 7) is 5.63. The second-order valence-electron chi connectivity index (χ2n) is 7.25. The number of carbonyl (C=O) groups is 2. The van der Waals surface area contributed by atoms with Crippen molar-refractivity contribution < 1.29 is 14.3 Å². The molecule has 0 fully saturated rings. The van der Waals surface area contributed by atoms with Gasteiger partial charge in [0.15, 0.2) is 6.10 Å². The highest BCUT2D eigenvalue weighted by Crippen LogP contribution is 2.16. The van der Waals surface area contributed by atoms with Crippen molar-refractivity contribution in [1.29, 1.82) is 0 Å². The fraction of sp³-hybridized carbons (Fsp3) is 0.200. The molecule has 2 unspecified atom stereocenters. The summed E-state index contributed by atoms with van der Waals surface area (Å²) < 4.78 is 5.67. The molecule has 0 aliphatic rings. The smallest absolute Gasteiger partial charge is 0.265 e. The van der Waals surface area contributed by atoms with Crippen LogP contribution in [0.2, 0.25) is 0 Å². The van der Waals surface area contributed by atoms with E-state index >= 15 is 0 Å². The molecule has 0 aromatic heterocycles. The molecule has 0 heterocycles. The average molecular weight is 402 g/mol. The van der Waals surface area contributed by atoms with Crippen molar-refractivity contribution in [3.8, 4) is 5.75 Å². The van der Waals surface area contributed by atoms with E-state index in [4.69, 9.17) is 4.74 Å². The SMILES string of the molecule is Cc1ccc(OC(C)C(=O)Nc2ccc(C(=O)NC(C)c3ccccc3)cc2)cc1.